The molecule has 0 spiro atoms. The second kappa shape index (κ2) is 6.78. The van der Waals surface area contributed by atoms with Gasteiger partial charge in [-0.25, -0.2) is 0 Å². The van der Waals surface area contributed by atoms with Crippen LogP contribution in [0.5, 0.6) is 0 Å². The monoisotopic (exact) mass is 356 g/mol. The molecule has 1 aromatic carbocycles. The number of amides is 1. The number of carboxylic acid groups (broad SMARTS) is 1. The predicted octanol–water partition coefficient (Wildman–Crippen LogP) is 3.38. The van der Waals surface area contributed by atoms with Crippen molar-refractivity contribution in [2.75, 3.05) is 13.1 Å². The van der Waals surface area contributed by atoms with Gasteiger partial charge in [-0.2, -0.15) is 13.2 Å². The van der Waals surface area contributed by atoms with Crippen molar-refractivity contribution in [1.82, 2.24) is 9.47 Å². The lowest BCUT2D eigenvalue weighted by molar-refractivity contribution is -0.138. The summed E-state index contributed by atoms with van der Waals surface area (Å²) in [5.41, 5.74) is -0.179. The minimum Gasteiger partial charge on any atom is -0.480 e. The van der Waals surface area contributed by atoms with Crippen LogP contribution in [0.25, 0.3) is 10.9 Å². The van der Waals surface area contributed by atoms with Gasteiger partial charge < -0.3 is 14.6 Å². The van der Waals surface area contributed by atoms with Gasteiger partial charge in [-0.05, 0) is 30.2 Å². The lowest BCUT2D eigenvalue weighted by Crippen LogP contribution is -2.39. The number of nitrogens with zero attached hydrogens (tertiary/aromatic N) is 2. The number of aryl methyl sites for hydroxylation is 1. The number of carboxylic acids is 1. The Bertz CT molecular complexity index is 809. The van der Waals surface area contributed by atoms with Crippen molar-refractivity contribution in [2.24, 2.45) is 13.0 Å². The van der Waals surface area contributed by atoms with Crippen LogP contribution in [0, 0.1) is 5.92 Å². The summed E-state index contributed by atoms with van der Waals surface area (Å²) in [4.78, 5) is 24.9. The number of carbonyl (C=O) groups is 2. The van der Waals surface area contributed by atoms with E-state index in [1.807, 2.05) is 13.8 Å². The molecular weight excluding hydrogens is 337 g/mol. The van der Waals surface area contributed by atoms with Crippen molar-refractivity contribution in [3.8, 4) is 0 Å². The largest absolute Gasteiger partial charge is 0.480 e. The molecule has 1 N–H and O–H groups in total. The molecule has 0 unspecified atom stereocenters. The first-order valence-electron chi connectivity index (χ1n) is 7.68. The van der Waals surface area contributed by atoms with E-state index in [-0.39, 0.29) is 23.5 Å². The third-order valence-corrected chi connectivity index (χ3v) is 3.79. The number of rotatable bonds is 5. The fourth-order valence-corrected chi connectivity index (χ4v) is 2.72. The number of fused-ring (bicyclic) bond motifs is 1. The van der Waals surface area contributed by atoms with E-state index in [0.29, 0.717) is 5.52 Å². The smallest absolute Gasteiger partial charge is 0.416 e. The van der Waals surface area contributed by atoms with Gasteiger partial charge in [0.05, 0.1) is 5.56 Å². The normalized spacial score (nSPS) is 12.0. The Morgan fingerprint density at radius 2 is 1.88 bits per heavy atom. The molecule has 25 heavy (non-hydrogen) atoms. The van der Waals surface area contributed by atoms with E-state index < -0.39 is 30.2 Å². The molecule has 0 saturated heterocycles. The van der Waals surface area contributed by atoms with Crippen LogP contribution >= 0.6 is 0 Å². The van der Waals surface area contributed by atoms with Crippen molar-refractivity contribution in [3.05, 3.63) is 35.5 Å². The van der Waals surface area contributed by atoms with Crippen LogP contribution in [0.4, 0.5) is 13.2 Å². The molecule has 1 aromatic heterocycles. The van der Waals surface area contributed by atoms with E-state index in [4.69, 9.17) is 5.11 Å². The Balaban J connectivity index is 2.46. The van der Waals surface area contributed by atoms with Crippen LogP contribution in [0.2, 0.25) is 0 Å². The molecule has 0 aliphatic rings. The summed E-state index contributed by atoms with van der Waals surface area (Å²) in [5, 5.41) is 9.28. The number of hydrogen-bond donors (Lipinski definition) is 1. The van der Waals surface area contributed by atoms with Crippen LogP contribution in [-0.4, -0.2) is 39.5 Å². The van der Waals surface area contributed by atoms with Crippen LogP contribution in [0.15, 0.2) is 24.3 Å². The van der Waals surface area contributed by atoms with Crippen molar-refractivity contribution >= 4 is 22.8 Å². The lowest BCUT2D eigenvalue weighted by atomic mass is 10.1. The summed E-state index contributed by atoms with van der Waals surface area (Å²) in [6.07, 6.45) is -4.47. The molecule has 1 amide bonds. The zero-order valence-electron chi connectivity index (χ0n) is 14.1. The molecule has 0 aliphatic heterocycles. The van der Waals surface area contributed by atoms with E-state index in [1.165, 1.54) is 21.6 Å². The van der Waals surface area contributed by atoms with Crippen molar-refractivity contribution in [1.29, 1.82) is 0 Å². The maximum Gasteiger partial charge on any atom is 0.416 e. The van der Waals surface area contributed by atoms with Gasteiger partial charge in [0.15, 0.2) is 0 Å². The SMILES string of the molecule is CC(C)CN(CC(=O)O)C(=O)c1cc2cc(C(F)(F)F)ccc2n1C. The Morgan fingerprint density at radius 1 is 1.24 bits per heavy atom. The molecule has 2 rings (SSSR count). The molecule has 0 bridgehead atoms. The number of aromatic nitrogens is 1. The van der Waals surface area contributed by atoms with E-state index in [0.717, 1.165) is 12.1 Å². The van der Waals surface area contributed by atoms with Gasteiger partial charge in [-0.15, -0.1) is 0 Å². The van der Waals surface area contributed by atoms with Crippen LogP contribution < -0.4 is 0 Å². The third kappa shape index (κ3) is 4.12. The summed E-state index contributed by atoms with van der Waals surface area (Å²) in [6.45, 7) is 3.46. The lowest BCUT2D eigenvalue weighted by Gasteiger charge is -2.22. The Hall–Kier alpha value is -2.51. The standard InChI is InChI=1S/C17H19F3N2O3/c1-10(2)8-22(9-15(23)24)16(25)14-7-11-6-12(17(18,19)20)4-5-13(11)21(14)3/h4-7,10H,8-9H2,1-3H3,(H,23,24). The average Bonchev–Trinajstić information content (AvgIpc) is 2.80. The Labute approximate surface area is 142 Å². The third-order valence-electron chi connectivity index (χ3n) is 3.79. The molecule has 8 heteroatoms. The van der Waals surface area contributed by atoms with Crippen molar-refractivity contribution < 1.29 is 27.9 Å². The Kier molecular flexibility index (Phi) is 5.10. The van der Waals surface area contributed by atoms with Gasteiger partial charge in [-0.3, -0.25) is 9.59 Å². The average molecular weight is 356 g/mol. The zero-order valence-corrected chi connectivity index (χ0v) is 14.1. The Morgan fingerprint density at radius 3 is 2.40 bits per heavy atom. The zero-order chi connectivity index (χ0) is 18.9. The van der Waals surface area contributed by atoms with E-state index in [9.17, 15) is 22.8 Å². The van der Waals surface area contributed by atoms with Crippen LogP contribution in [0.3, 0.4) is 0 Å². The fourth-order valence-electron chi connectivity index (χ4n) is 2.72. The summed E-state index contributed by atoms with van der Waals surface area (Å²) < 4.78 is 40.0. The van der Waals surface area contributed by atoms with E-state index >= 15 is 0 Å². The second-order valence-corrected chi connectivity index (χ2v) is 6.33. The highest BCUT2D eigenvalue weighted by Gasteiger charge is 2.31. The number of carbonyl (C=O) groups excluding carboxylic acids is 1. The number of alkyl halides is 3. The molecule has 5 nitrogen and oxygen atoms in total. The molecule has 2 aromatic rings. The highest BCUT2D eigenvalue weighted by Crippen LogP contribution is 2.32. The summed E-state index contributed by atoms with van der Waals surface area (Å²) in [7, 11) is 1.57. The van der Waals surface area contributed by atoms with Gasteiger partial charge in [0.2, 0.25) is 0 Å². The quantitative estimate of drug-likeness (QED) is 0.893. The first kappa shape index (κ1) is 18.8. The molecule has 0 saturated carbocycles. The maximum absolute atomic E-state index is 12.8. The summed E-state index contributed by atoms with van der Waals surface area (Å²) >= 11 is 0. The minimum atomic E-state index is -4.47. The minimum absolute atomic E-state index is 0.0508. The highest BCUT2D eigenvalue weighted by atomic mass is 19.4. The fraction of sp³-hybridized carbons (Fsp3) is 0.412. The number of benzene rings is 1. The van der Waals surface area contributed by atoms with E-state index in [1.54, 1.807) is 7.05 Å². The second-order valence-electron chi connectivity index (χ2n) is 6.33. The molecular formula is C17H19F3N2O3. The summed E-state index contributed by atoms with van der Waals surface area (Å²) in [6, 6.07) is 4.61. The van der Waals surface area contributed by atoms with Gasteiger partial charge in [0, 0.05) is 24.5 Å². The highest BCUT2D eigenvalue weighted by molar-refractivity contribution is 5.99. The van der Waals surface area contributed by atoms with E-state index in [2.05, 4.69) is 0 Å². The van der Waals surface area contributed by atoms with Gasteiger partial charge >= 0.3 is 12.1 Å². The van der Waals surface area contributed by atoms with Crippen LogP contribution in [-0.2, 0) is 18.0 Å². The predicted molar refractivity (Wildman–Crippen MR) is 86.3 cm³/mol. The topological polar surface area (TPSA) is 62.5 Å². The molecule has 0 atom stereocenters. The first-order chi connectivity index (χ1) is 11.5. The number of halogens is 3. The number of aliphatic carboxylic acids is 1. The summed E-state index contributed by atoms with van der Waals surface area (Å²) in [5.74, 6) is -1.62. The van der Waals surface area contributed by atoms with Gasteiger partial charge in [-0.1, -0.05) is 13.8 Å². The van der Waals surface area contributed by atoms with Gasteiger partial charge in [0.25, 0.3) is 5.91 Å². The number of hydrogen-bond acceptors (Lipinski definition) is 2. The molecule has 1 heterocycles. The first-order valence-corrected chi connectivity index (χ1v) is 7.68. The maximum atomic E-state index is 12.8. The van der Waals surface area contributed by atoms with Crippen LogP contribution in [0.1, 0.15) is 29.9 Å². The molecule has 0 aliphatic carbocycles. The molecule has 136 valence electrons. The molecule has 0 fully saturated rings. The molecule has 0 radical (unpaired) electrons. The van der Waals surface area contributed by atoms with Crippen molar-refractivity contribution in [2.45, 2.75) is 20.0 Å². The van der Waals surface area contributed by atoms with Crippen molar-refractivity contribution in [3.63, 3.8) is 0 Å². The van der Waals surface area contributed by atoms with Gasteiger partial charge in [0.1, 0.15) is 12.2 Å².